The minimum atomic E-state index is -0.143. The van der Waals surface area contributed by atoms with Crippen molar-refractivity contribution in [3.05, 3.63) is 60.2 Å². The number of nitrogens with one attached hydrogen (secondary N) is 1. The summed E-state index contributed by atoms with van der Waals surface area (Å²) in [7, 11) is 1.66. The first-order chi connectivity index (χ1) is 12.0. The highest BCUT2D eigenvalue weighted by Gasteiger charge is 2.20. The van der Waals surface area contributed by atoms with E-state index in [0.717, 1.165) is 22.6 Å². The van der Waals surface area contributed by atoms with Crippen molar-refractivity contribution in [2.75, 3.05) is 7.11 Å². The normalized spacial score (nSPS) is 13.3. The molecule has 4 heteroatoms. The van der Waals surface area contributed by atoms with Crippen LogP contribution < -0.4 is 10.1 Å². The molecule has 3 nitrogen and oxygen atoms in total. The first-order valence-corrected chi connectivity index (χ1v) is 9.53. The summed E-state index contributed by atoms with van der Waals surface area (Å²) in [5.74, 6) is 1.38. The molecule has 0 fully saturated rings. The van der Waals surface area contributed by atoms with Crippen LogP contribution in [0.3, 0.4) is 0 Å². The summed E-state index contributed by atoms with van der Waals surface area (Å²) in [6.45, 7) is 6.29. The van der Waals surface area contributed by atoms with E-state index >= 15 is 0 Å². The number of methoxy groups -OCH3 is 1. The van der Waals surface area contributed by atoms with Crippen LogP contribution in [0.2, 0.25) is 0 Å². The predicted octanol–water partition coefficient (Wildman–Crippen LogP) is 5.08. The SMILES string of the molecule is COc1ccc([C@H](CC(C)C)NC(=O)[C@H](C)Sc2ccccc2)cc1. The molecule has 0 radical (unpaired) electrons. The topological polar surface area (TPSA) is 38.3 Å². The molecule has 2 aromatic rings. The van der Waals surface area contributed by atoms with Crippen LogP contribution >= 0.6 is 11.8 Å². The molecule has 2 atom stereocenters. The van der Waals surface area contributed by atoms with Gasteiger partial charge in [-0.2, -0.15) is 0 Å². The summed E-state index contributed by atoms with van der Waals surface area (Å²) < 4.78 is 5.23. The van der Waals surface area contributed by atoms with E-state index in [4.69, 9.17) is 4.74 Å². The van der Waals surface area contributed by atoms with Crippen LogP contribution in [-0.2, 0) is 4.79 Å². The van der Waals surface area contributed by atoms with Crippen molar-refractivity contribution < 1.29 is 9.53 Å². The Kier molecular flexibility index (Phi) is 7.38. The number of rotatable bonds is 8. The number of carbonyl (C=O) groups excluding carboxylic acids is 1. The Labute approximate surface area is 155 Å². The first-order valence-electron chi connectivity index (χ1n) is 8.65. The van der Waals surface area contributed by atoms with Crippen molar-refractivity contribution in [2.45, 2.75) is 43.4 Å². The summed E-state index contributed by atoms with van der Waals surface area (Å²) in [4.78, 5) is 13.8. The highest BCUT2D eigenvalue weighted by atomic mass is 32.2. The van der Waals surface area contributed by atoms with E-state index in [1.807, 2.05) is 61.5 Å². The predicted molar refractivity (Wildman–Crippen MR) is 105 cm³/mol. The molecule has 0 saturated heterocycles. The largest absolute Gasteiger partial charge is 0.497 e. The molecule has 0 spiro atoms. The number of amides is 1. The molecular weight excluding hydrogens is 330 g/mol. The molecule has 2 rings (SSSR count). The van der Waals surface area contributed by atoms with Gasteiger partial charge < -0.3 is 10.1 Å². The Morgan fingerprint density at radius 2 is 1.68 bits per heavy atom. The van der Waals surface area contributed by atoms with Gasteiger partial charge in [-0.3, -0.25) is 4.79 Å². The molecule has 134 valence electrons. The summed E-state index contributed by atoms with van der Waals surface area (Å²) in [6, 6.07) is 18.0. The van der Waals surface area contributed by atoms with E-state index in [1.54, 1.807) is 18.9 Å². The summed E-state index contributed by atoms with van der Waals surface area (Å²) >= 11 is 1.58. The summed E-state index contributed by atoms with van der Waals surface area (Å²) in [6.07, 6.45) is 0.904. The fraction of sp³-hybridized carbons (Fsp3) is 0.381. The van der Waals surface area contributed by atoms with E-state index in [-0.39, 0.29) is 17.2 Å². The number of hydrogen-bond donors (Lipinski definition) is 1. The Bertz CT molecular complexity index is 655. The average molecular weight is 358 g/mol. The fourth-order valence-electron chi connectivity index (χ4n) is 2.63. The van der Waals surface area contributed by atoms with Gasteiger partial charge in [0.1, 0.15) is 5.75 Å². The third-order valence-electron chi connectivity index (χ3n) is 3.97. The highest BCUT2D eigenvalue weighted by Crippen LogP contribution is 2.26. The van der Waals surface area contributed by atoms with Crippen LogP contribution in [0.15, 0.2) is 59.5 Å². The van der Waals surface area contributed by atoms with Crippen molar-refractivity contribution in [3.8, 4) is 5.75 Å². The van der Waals surface area contributed by atoms with E-state index in [1.165, 1.54) is 0 Å². The highest BCUT2D eigenvalue weighted by molar-refractivity contribution is 8.00. The van der Waals surface area contributed by atoms with Gasteiger partial charge in [0.05, 0.1) is 18.4 Å². The molecule has 1 amide bonds. The maximum absolute atomic E-state index is 12.7. The second-order valence-corrected chi connectivity index (χ2v) is 7.95. The minimum absolute atomic E-state index is 0.0113. The van der Waals surface area contributed by atoms with E-state index < -0.39 is 0 Å². The standard InChI is InChI=1S/C21H27NO2S/c1-15(2)14-20(17-10-12-18(24-4)13-11-17)22-21(23)16(3)25-19-8-6-5-7-9-19/h5-13,15-16,20H,14H2,1-4H3,(H,22,23)/t16-,20-/m0/s1. The molecule has 0 aliphatic carbocycles. The molecule has 1 N–H and O–H groups in total. The maximum atomic E-state index is 12.7. The Balaban J connectivity index is 2.05. The van der Waals surface area contributed by atoms with E-state index in [9.17, 15) is 4.79 Å². The second-order valence-electron chi connectivity index (χ2n) is 6.54. The monoisotopic (exact) mass is 357 g/mol. The molecule has 0 aromatic heterocycles. The van der Waals surface area contributed by atoms with Crippen LogP contribution in [0.4, 0.5) is 0 Å². The quantitative estimate of drug-likeness (QED) is 0.670. The Hall–Kier alpha value is -1.94. The second kappa shape index (κ2) is 9.52. The maximum Gasteiger partial charge on any atom is 0.233 e. The Morgan fingerprint density at radius 3 is 2.24 bits per heavy atom. The summed E-state index contributed by atoms with van der Waals surface area (Å²) in [5.41, 5.74) is 1.11. The third kappa shape index (κ3) is 6.13. The minimum Gasteiger partial charge on any atom is -0.497 e. The van der Waals surface area contributed by atoms with Crippen molar-refractivity contribution in [3.63, 3.8) is 0 Å². The van der Waals surface area contributed by atoms with Crippen LogP contribution in [0.25, 0.3) is 0 Å². The molecular formula is C21H27NO2S. The number of thioether (sulfide) groups is 1. The molecule has 2 aromatic carbocycles. The van der Waals surface area contributed by atoms with Crippen molar-refractivity contribution in [1.82, 2.24) is 5.32 Å². The van der Waals surface area contributed by atoms with Crippen LogP contribution in [0, 0.1) is 5.92 Å². The van der Waals surface area contributed by atoms with Crippen molar-refractivity contribution >= 4 is 17.7 Å². The summed E-state index contributed by atoms with van der Waals surface area (Å²) in [5, 5.41) is 3.08. The molecule has 25 heavy (non-hydrogen) atoms. The molecule has 0 bridgehead atoms. The molecule has 0 aliphatic heterocycles. The fourth-order valence-corrected chi connectivity index (χ4v) is 3.53. The number of ether oxygens (including phenoxy) is 1. The average Bonchev–Trinajstić information content (AvgIpc) is 2.61. The molecule has 0 aliphatic rings. The zero-order valence-corrected chi connectivity index (χ0v) is 16.2. The first kappa shape index (κ1) is 19.4. The lowest BCUT2D eigenvalue weighted by Crippen LogP contribution is -2.35. The van der Waals surface area contributed by atoms with E-state index in [2.05, 4.69) is 19.2 Å². The zero-order chi connectivity index (χ0) is 18.2. The van der Waals surface area contributed by atoms with Crippen LogP contribution in [0.5, 0.6) is 5.75 Å². The lowest BCUT2D eigenvalue weighted by molar-refractivity contribution is -0.121. The number of benzene rings is 2. The van der Waals surface area contributed by atoms with Crippen LogP contribution in [-0.4, -0.2) is 18.3 Å². The van der Waals surface area contributed by atoms with Crippen molar-refractivity contribution in [2.24, 2.45) is 5.92 Å². The molecule has 0 unspecified atom stereocenters. The van der Waals surface area contributed by atoms with Gasteiger partial charge in [0.2, 0.25) is 5.91 Å². The Morgan fingerprint density at radius 1 is 1.04 bits per heavy atom. The van der Waals surface area contributed by atoms with Gasteiger partial charge in [-0.05, 0) is 49.1 Å². The van der Waals surface area contributed by atoms with Gasteiger partial charge in [-0.15, -0.1) is 11.8 Å². The van der Waals surface area contributed by atoms with Crippen LogP contribution in [0.1, 0.15) is 38.8 Å². The van der Waals surface area contributed by atoms with E-state index in [0.29, 0.717) is 5.92 Å². The molecule has 0 saturated carbocycles. The van der Waals surface area contributed by atoms with Crippen molar-refractivity contribution in [1.29, 1.82) is 0 Å². The van der Waals surface area contributed by atoms with Gasteiger partial charge in [0.15, 0.2) is 0 Å². The third-order valence-corrected chi connectivity index (χ3v) is 5.08. The zero-order valence-electron chi connectivity index (χ0n) is 15.4. The lowest BCUT2D eigenvalue weighted by atomic mass is 9.96. The van der Waals surface area contributed by atoms with Gasteiger partial charge in [-0.25, -0.2) is 0 Å². The molecule has 0 heterocycles. The smallest absolute Gasteiger partial charge is 0.233 e. The van der Waals surface area contributed by atoms with Gasteiger partial charge in [-0.1, -0.05) is 44.2 Å². The lowest BCUT2D eigenvalue weighted by Gasteiger charge is -2.23. The van der Waals surface area contributed by atoms with Gasteiger partial charge >= 0.3 is 0 Å². The van der Waals surface area contributed by atoms with Gasteiger partial charge in [0, 0.05) is 4.90 Å². The van der Waals surface area contributed by atoms with Gasteiger partial charge in [0.25, 0.3) is 0 Å². The number of carbonyl (C=O) groups is 1. The number of hydrogen-bond acceptors (Lipinski definition) is 3.